The van der Waals surface area contributed by atoms with E-state index in [9.17, 15) is 9.90 Å². The molecule has 104 valence electrons. The molecule has 1 fully saturated rings. The van der Waals surface area contributed by atoms with Gasteiger partial charge in [-0.15, -0.1) is 0 Å². The van der Waals surface area contributed by atoms with Gasteiger partial charge in [0, 0.05) is 10.1 Å². The number of phenolic OH excluding ortho intramolecular Hbond substituents is 1. The Labute approximate surface area is 127 Å². The molecule has 1 amide bonds. The first-order valence-corrected chi connectivity index (χ1v) is 7.85. The molecule has 0 bridgehead atoms. The van der Waals surface area contributed by atoms with Crippen LogP contribution in [0.2, 0.25) is 0 Å². The minimum atomic E-state index is -0.178. The number of rotatable bonds is 3. The predicted octanol–water partition coefficient (Wildman–Crippen LogP) is 3.70. The highest BCUT2D eigenvalue weighted by Gasteiger charge is 2.27. The summed E-state index contributed by atoms with van der Waals surface area (Å²) < 4.78 is 0.949. The van der Waals surface area contributed by atoms with Gasteiger partial charge in [-0.1, -0.05) is 26.2 Å². The highest BCUT2D eigenvalue weighted by Crippen LogP contribution is 2.35. The van der Waals surface area contributed by atoms with E-state index in [0.717, 1.165) is 3.57 Å². The molecule has 1 saturated carbocycles. The van der Waals surface area contributed by atoms with Crippen molar-refractivity contribution < 1.29 is 9.90 Å². The monoisotopic (exact) mass is 373 g/mol. The maximum Gasteiger partial charge on any atom is 0.255 e. The second kappa shape index (κ2) is 6.11. The number of halogens is 1. The van der Waals surface area contributed by atoms with Crippen LogP contribution in [0.5, 0.6) is 5.75 Å². The van der Waals surface area contributed by atoms with Crippen LogP contribution in [0.3, 0.4) is 0 Å². The van der Waals surface area contributed by atoms with E-state index < -0.39 is 0 Å². The summed E-state index contributed by atoms with van der Waals surface area (Å²) in [6, 6.07) is 5.07. The zero-order valence-corrected chi connectivity index (χ0v) is 13.4. The lowest BCUT2D eigenvalue weighted by Crippen LogP contribution is -2.37. The number of hydrogen-bond acceptors (Lipinski definition) is 2. The topological polar surface area (TPSA) is 49.3 Å². The number of carbonyl (C=O) groups excluding carboxylic acids is 1. The van der Waals surface area contributed by atoms with Gasteiger partial charge >= 0.3 is 0 Å². The molecule has 0 atom stereocenters. The summed E-state index contributed by atoms with van der Waals surface area (Å²) in [4.78, 5) is 12.1. The summed E-state index contributed by atoms with van der Waals surface area (Å²) in [6.07, 6.45) is 6.15. The SMILES string of the molecule is CC1(CNC(=O)c2cc(I)ccc2O)CCCCC1. The second-order valence-corrected chi connectivity index (χ2v) is 6.96. The van der Waals surface area contributed by atoms with Gasteiger partial charge in [-0.05, 0) is 59.0 Å². The van der Waals surface area contributed by atoms with E-state index in [1.165, 1.54) is 32.1 Å². The van der Waals surface area contributed by atoms with Crippen LogP contribution in [0.15, 0.2) is 18.2 Å². The van der Waals surface area contributed by atoms with Crippen molar-refractivity contribution in [3.05, 3.63) is 27.3 Å². The minimum absolute atomic E-state index is 0.0479. The number of amides is 1. The highest BCUT2D eigenvalue weighted by atomic mass is 127. The quantitative estimate of drug-likeness (QED) is 0.794. The van der Waals surface area contributed by atoms with Crippen LogP contribution in [-0.4, -0.2) is 17.6 Å². The lowest BCUT2D eigenvalue weighted by molar-refractivity contribution is 0.0916. The van der Waals surface area contributed by atoms with E-state index in [0.29, 0.717) is 12.1 Å². The largest absolute Gasteiger partial charge is 0.507 e. The van der Waals surface area contributed by atoms with Crippen molar-refractivity contribution >= 4 is 28.5 Å². The summed E-state index contributed by atoms with van der Waals surface area (Å²) in [7, 11) is 0. The van der Waals surface area contributed by atoms with Crippen LogP contribution in [0, 0.1) is 8.99 Å². The fourth-order valence-corrected chi connectivity index (χ4v) is 3.15. The van der Waals surface area contributed by atoms with Gasteiger partial charge in [-0.3, -0.25) is 4.79 Å². The van der Waals surface area contributed by atoms with Gasteiger partial charge in [-0.2, -0.15) is 0 Å². The van der Waals surface area contributed by atoms with Crippen molar-refractivity contribution in [1.82, 2.24) is 5.32 Å². The molecule has 0 spiro atoms. The predicted molar refractivity (Wildman–Crippen MR) is 84.3 cm³/mol. The first-order chi connectivity index (χ1) is 9.00. The van der Waals surface area contributed by atoms with E-state index in [1.54, 1.807) is 18.2 Å². The second-order valence-electron chi connectivity index (χ2n) is 5.72. The Morgan fingerprint density at radius 3 is 2.74 bits per heavy atom. The standard InChI is InChI=1S/C15H20INO2/c1-15(7-3-2-4-8-15)10-17-14(19)12-9-11(16)5-6-13(12)18/h5-6,9,18H,2-4,7-8,10H2,1H3,(H,17,19). The molecular formula is C15H20INO2. The maximum atomic E-state index is 12.1. The Kier molecular flexibility index (Phi) is 4.71. The van der Waals surface area contributed by atoms with Crippen LogP contribution >= 0.6 is 22.6 Å². The summed E-state index contributed by atoms with van der Waals surface area (Å²) in [5.74, 6) is -0.130. The molecule has 3 nitrogen and oxygen atoms in total. The first-order valence-electron chi connectivity index (χ1n) is 6.77. The molecule has 0 aromatic heterocycles. The van der Waals surface area contributed by atoms with Crippen LogP contribution in [0.4, 0.5) is 0 Å². The van der Waals surface area contributed by atoms with Gasteiger partial charge in [0.05, 0.1) is 5.56 Å². The molecule has 19 heavy (non-hydrogen) atoms. The number of carbonyl (C=O) groups is 1. The van der Waals surface area contributed by atoms with Crippen molar-refractivity contribution in [1.29, 1.82) is 0 Å². The Hall–Kier alpha value is -0.780. The van der Waals surface area contributed by atoms with Crippen molar-refractivity contribution in [3.8, 4) is 5.75 Å². The third kappa shape index (κ3) is 3.84. The van der Waals surface area contributed by atoms with Crippen molar-refractivity contribution in [2.75, 3.05) is 6.54 Å². The van der Waals surface area contributed by atoms with Crippen LogP contribution in [-0.2, 0) is 0 Å². The average molecular weight is 373 g/mol. The Balaban J connectivity index is 1.99. The van der Waals surface area contributed by atoms with Gasteiger partial charge < -0.3 is 10.4 Å². The Bertz CT molecular complexity index is 467. The molecule has 0 radical (unpaired) electrons. The molecule has 0 unspecified atom stereocenters. The third-order valence-corrected chi connectivity index (χ3v) is 4.61. The van der Waals surface area contributed by atoms with Gasteiger partial charge in [-0.25, -0.2) is 0 Å². The van der Waals surface area contributed by atoms with Crippen molar-refractivity contribution in [2.45, 2.75) is 39.0 Å². The van der Waals surface area contributed by atoms with Gasteiger partial charge in [0.2, 0.25) is 0 Å². The molecule has 4 heteroatoms. The number of nitrogens with one attached hydrogen (secondary N) is 1. The Morgan fingerprint density at radius 2 is 2.05 bits per heavy atom. The van der Waals surface area contributed by atoms with Crippen molar-refractivity contribution in [3.63, 3.8) is 0 Å². The highest BCUT2D eigenvalue weighted by molar-refractivity contribution is 14.1. The summed E-state index contributed by atoms with van der Waals surface area (Å²) in [5.41, 5.74) is 0.581. The molecule has 1 aromatic carbocycles. The maximum absolute atomic E-state index is 12.1. The van der Waals surface area contributed by atoms with E-state index in [2.05, 4.69) is 34.8 Å². The fourth-order valence-electron chi connectivity index (χ4n) is 2.66. The minimum Gasteiger partial charge on any atom is -0.507 e. The third-order valence-electron chi connectivity index (χ3n) is 3.94. The van der Waals surface area contributed by atoms with E-state index >= 15 is 0 Å². The molecule has 2 rings (SSSR count). The normalized spacial score (nSPS) is 18.0. The number of benzene rings is 1. The summed E-state index contributed by atoms with van der Waals surface area (Å²) >= 11 is 2.14. The van der Waals surface area contributed by atoms with Crippen LogP contribution in [0.1, 0.15) is 49.4 Å². The molecule has 1 aliphatic rings. The molecule has 1 aromatic rings. The van der Waals surface area contributed by atoms with E-state index in [-0.39, 0.29) is 17.1 Å². The van der Waals surface area contributed by atoms with Crippen molar-refractivity contribution in [2.24, 2.45) is 5.41 Å². The van der Waals surface area contributed by atoms with Gasteiger partial charge in [0.15, 0.2) is 0 Å². The number of hydrogen-bond donors (Lipinski definition) is 2. The molecule has 2 N–H and O–H groups in total. The van der Waals surface area contributed by atoms with Gasteiger partial charge in [0.1, 0.15) is 5.75 Å². The molecule has 0 saturated heterocycles. The lowest BCUT2D eigenvalue weighted by Gasteiger charge is -2.33. The molecule has 0 heterocycles. The number of aromatic hydroxyl groups is 1. The van der Waals surface area contributed by atoms with E-state index in [4.69, 9.17) is 0 Å². The fraction of sp³-hybridized carbons (Fsp3) is 0.533. The van der Waals surface area contributed by atoms with E-state index in [1.807, 2.05) is 0 Å². The van der Waals surface area contributed by atoms with Crippen LogP contribution in [0.25, 0.3) is 0 Å². The zero-order chi connectivity index (χ0) is 13.9. The first kappa shape index (κ1) is 14.6. The molecular weight excluding hydrogens is 353 g/mol. The Morgan fingerprint density at radius 1 is 1.37 bits per heavy atom. The summed E-state index contributed by atoms with van der Waals surface area (Å²) in [6.45, 7) is 2.93. The van der Waals surface area contributed by atoms with Crippen LogP contribution < -0.4 is 5.32 Å². The number of phenols is 1. The van der Waals surface area contributed by atoms with Gasteiger partial charge in [0.25, 0.3) is 5.91 Å². The molecule has 0 aliphatic heterocycles. The zero-order valence-electron chi connectivity index (χ0n) is 11.2. The lowest BCUT2D eigenvalue weighted by atomic mass is 9.76. The average Bonchev–Trinajstić information content (AvgIpc) is 2.40. The smallest absolute Gasteiger partial charge is 0.255 e. The molecule has 1 aliphatic carbocycles. The summed E-state index contributed by atoms with van der Waals surface area (Å²) in [5, 5.41) is 12.7.